The number of fused-ring (bicyclic) bond motifs is 1. The van der Waals surface area contributed by atoms with Gasteiger partial charge in [-0.2, -0.15) is 13.2 Å². The topological polar surface area (TPSA) is 101 Å². The van der Waals surface area contributed by atoms with Crippen LogP contribution in [0.1, 0.15) is 80.7 Å². The second kappa shape index (κ2) is 13.5. The fourth-order valence-corrected chi connectivity index (χ4v) is 7.86. The van der Waals surface area contributed by atoms with Crippen LogP contribution in [0.25, 0.3) is 22.0 Å². The lowest BCUT2D eigenvalue weighted by molar-refractivity contribution is -0.150. The third-order valence-corrected chi connectivity index (χ3v) is 10.4. The SMILES string of the molecule is Cc1cnc(COc2ccc3[nH]c(C(Cc4ccc(-c5ccc(C(F)(F)F)nc5)cc4)C4(C(=O)O)CCCC4)c(SC(C)(C)C)c3c2)cn1. The summed E-state index contributed by atoms with van der Waals surface area (Å²) in [5, 5.41) is 11.8. The Morgan fingerprint density at radius 1 is 0.959 bits per heavy atom. The first kappa shape index (κ1) is 34.5. The number of carboxylic acids is 1. The van der Waals surface area contributed by atoms with Crippen LogP contribution in [-0.2, 0) is 24.0 Å². The number of nitrogens with one attached hydrogen (secondary N) is 1. The minimum atomic E-state index is -4.50. The number of carboxylic acid groups (broad SMARTS) is 1. The Morgan fingerprint density at radius 2 is 1.67 bits per heavy atom. The fourth-order valence-electron chi connectivity index (χ4n) is 6.66. The van der Waals surface area contributed by atoms with Crippen LogP contribution in [0.4, 0.5) is 13.2 Å². The minimum absolute atomic E-state index is 0.174. The summed E-state index contributed by atoms with van der Waals surface area (Å²) in [7, 11) is 0. The predicted octanol–water partition coefficient (Wildman–Crippen LogP) is 9.79. The minimum Gasteiger partial charge on any atom is -0.487 e. The molecule has 0 spiro atoms. The molecule has 0 aliphatic heterocycles. The molecule has 3 heterocycles. The van der Waals surface area contributed by atoms with Gasteiger partial charge in [0.1, 0.15) is 18.1 Å². The number of hydrogen-bond acceptors (Lipinski definition) is 6. The fraction of sp³-hybridized carbons (Fsp3) is 0.368. The van der Waals surface area contributed by atoms with E-state index in [1.54, 1.807) is 24.2 Å². The van der Waals surface area contributed by atoms with Crippen molar-refractivity contribution in [3.63, 3.8) is 0 Å². The number of nitrogens with zero attached hydrogens (tertiary/aromatic N) is 3. The van der Waals surface area contributed by atoms with E-state index >= 15 is 0 Å². The molecule has 1 saturated carbocycles. The molecule has 0 saturated heterocycles. The number of aromatic nitrogens is 4. The van der Waals surface area contributed by atoms with Crippen molar-refractivity contribution in [2.45, 2.75) is 88.1 Å². The van der Waals surface area contributed by atoms with Crippen molar-refractivity contribution in [1.29, 1.82) is 0 Å². The molecule has 5 aromatic rings. The zero-order valence-electron chi connectivity index (χ0n) is 27.9. The van der Waals surface area contributed by atoms with Crippen molar-refractivity contribution in [3.05, 3.63) is 102 Å². The molecule has 49 heavy (non-hydrogen) atoms. The summed E-state index contributed by atoms with van der Waals surface area (Å²) in [6.45, 7) is 8.57. The van der Waals surface area contributed by atoms with Crippen molar-refractivity contribution >= 4 is 28.6 Å². The largest absolute Gasteiger partial charge is 0.487 e. The summed E-state index contributed by atoms with van der Waals surface area (Å²) in [5.74, 6) is -0.485. The highest BCUT2D eigenvalue weighted by Crippen LogP contribution is 2.54. The van der Waals surface area contributed by atoms with Gasteiger partial charge in [-0.05, 0) is 61.6 Å². The molecule has 1 aliphatic rings. The van der Waals surface area contributed by atoms with Gasteiger partial charge < -0.3 is 14.8 Å². The molecule has 2 aromatic carbocycles. The zero-order chi connectivity index (χ0) is 35.0. The summed E-state index contributed by atoms with van der Waals surface area (Å²) >= 11 is 1.71. The van der Waals surface area contributed by atoms with E-state index < -0.39 is 23.3 Å². The van der Waals surface area contributed by atoms with Gasteiger partial charge in [-0.3, -0.25) is 19.7 Å². The van der Waals surface area contributed by atoms with Gasteiger partial charge in [-0.1, -0.05) is 63.9 Å². The summed E-state index contributed by atoms with van der Waals surface area (Å²) in [6, 6.07) is 15.9. The second-order valence-electron chi connectivity index (χ2n) is 13.8. The van der Waals surface area contributed by atoms with Crippen LogP contribution in [0.5, 0.6) is 5.75 Å². The molecule has 1 unspecified atom stereocenters. The van der Waals surface area contributed by atoms with Gasteiger partial charge in [0.15, 0.2) is 0 Å². The van der Waals surface area contributed by atoms with Crippen molar-refractivity contribution < 1.29 is 27.8 Å². The van der Waals surface area contributed by atoms with Gasteiger partial charge in [-0.15, -0.1) is 11.8 Å². The maximum absolute atomic E-state index is 13.2. The predicted molar refractivity (Wildman–Crippen MR) is 185 cm³/mol. The Hall–Kier alpha value is -4.38. The molecule has 1 fully saturated rings. The van der Waals surface area contributed by atoms with E-state index in [-0.39, 0.29) is 17.3 Å². The van der Waals surface area contributed by atoms with E-state index in [0.717, 1.165) is 62.9 Å². The van der Waals surface area contributed by atoms with Gasteiger partial charge in [0, 0.05) is 50.1 Å². The molecule has 3 aromatic heterocycles. The average molecular weight is 689 g/mol. The number of pyridine rings is 1. The number of thioether (sulfide) groups is 1. The number of carbonyl (C=O) groups is 1. The van der Waals surface area contributed by atoms with Crippen molar-refractivity contribution in [2.24, 2.45) is 5.41 Å². The van der Waals surface area contributed by atoms with E-state index in [2.05, 4.69) is 40.7 Å². The van der Waals surface area contributed by atoms with E-state index in [0.29, 0.717) is 30.6 Å². The van der Waals surface area contributed by atoms with Gasteiger partial charge in [0.25, 0.3) is 0 Å². The molecule has 256 valence electrons. The smallest absolute Gasteiger partial charge is 0.433 e. The number of halogens is 3. The molecular weight excluding hydrogens is 650 g/mol. The number of aryl methyl sites for hydroxylation is 1. The van der Waals surface area contributed by atoms with Crippen LogP contribution in [-0.4, -0.2) is 35.8 Å². The lowest BCUT2D eigenvalue weighted by Gasteiger charge is -2.35. The highest BCUT2D eigenvalue weighted by molar-refractivity contribution is 8.00. The number of alkyl halides is 3. The maximum Gasteiger partial charge on any atom is 0.433 e. The molecule has 0 radical (unpaired) electrons. The normalized spacial score (nSPS) is 15.4. The van der Waals surface area contributed by atoms with Crippen LogP contribution in [0, 0.1) is 12.3 Å². The summed E-state index contributed by atoms with van der Waals surface area (Å²) in [5.41, 5.74) is 3.69. The van der Waals surface area contributed by atoms with E-state index in [4.69, 9.17) is 4.74 Å². The Balaban J connectivity index is 1.38. The van der Waals surface area contributed by atoms with Crippen molar-refractivity contribution in [1.82, 2.24) is 19.9 Å². The van der Waals surface area contributed by atoms with Gasteiger partial charge in [0.2, 0.25) is 0 Å². The Morgan fingerprint density at radius 3 is 2.27 bits per heavy atom. The highest BCUT2D eigenvalue weighted by atomic mass is 32.2. The summed E-state index contributed by atoms with van der Waals surface area (Å²) in [4.78, 5) is 30.2. The molecule has 0 bridgehead atoms. The van der Waals surface area contributed by atoms with E-state index in [1.165, 1.54) is 12.3 Å². The van der Waals surface area contributed by atoms with Crippen LogP contribution in [0.2, 0.25) is 0 Å². The maximum atomic E-state index is 13.2. The number of benzene rings is 2. The van der Waals surface area contributed by atoms with Crippen LogP contribution in [0.15, 0.2) is 78.1 Å². The molecule has 6 rings (SSSR count). The van der Waals surface area contributed by atoms with Crippen molar-refractivity contribution in [2.75, 3.05) is 0 Å². The first-order valence-electron chi connectivity index (χ1n) is 16.3. The standard InChI is InChI=1S/C38H39F3N4O3S/c1-23-19-43-27(21-42-23)22-48-28-12-13-31-29(18-28)34(49-36(2,3)4)33(45-31)30(37(35(46)47)15-5-6-16-37)17-24-7-9-25(10-8-24)26-11-14-32(44-20-26)38(39,40)41/h7-14,18-21,30,45H,5-6,15-17,22H2,1-4H3,(H,46,47). The number of H-pyrrole nitrogens is 1. The Bertz CT molecular complexity index is 1930. The quantitative estimate of drug-likeness (QED) is 0.141. The summed E-state index contributed by atoms with van der Waals surface area (Å²) < 4.78 is 45.1. The lowest BCUT2D eigenvalue weighted by atomic mass is 9.69. The molecule has 1 atom stereocenters. The van der Waals surface area contributed by atoms with Crippen LogP contribution in [0.3, 0.4) is 0 Å². The number of ether oxygens (including phenoxy) is 1. The highest BCUT2D eigenvalue weighted by Gasteiger charge is 2.50. The van der Waals surface area contributed by atoms with E-state index in [1.807, 2.05) is 49.4 Å². The zero-order valence-corrected chi connectivity index (χ0v) is 28.7. The molecule has 2 N–H and O–H groups in total. The Labute approximate surface area is 287 Å². The Kier molecular flexibility index (Phi) is 9.50. The monoisotopic (exact) mass is 688 g/mol. The number of rotatable bonds is 10. The second-order valence-corrected chi connectivity index (χ2v) is 15.6. The number of aromatic amines is 1. The first-order valence-corrected chi connectivity index (χ1v) is 17.1. The molecule has 0 amide bonds. The molecule has 11 heteroatoms. The van der Waals surface area contributed by atoms with E-state index in [9.17, 15) is 23.1 Å². The molecular formula is C38H39F3N4O3S. The number of hydrogen-bond donors (Lipinski definition) is 2. The van der Waals surface area contributed by atoms with Gasteiger partial charge in [-0.25, -0.2) is 0 Å². The number of aliphatic carboxylic acids is 1. The van der Waals surface area contributed by atoms with Crippen molar-refractivity contribution in [3.8, 4) is 16.9 Å². The third kappa shape index (κ3) is 7.61. The summed E-state index contributed by atoms with van der Waals surface area (Å²) in [6.07, 6.45) is 3.42. The molecule has 1 aliphatic carbocycles. The first-order chi connectivity index (χ1) is 23.2. The average Bonchev–Trinajstić information content (AvgIpc) is 3.69. The molecule has 7 nitrogen and oxygen atoms in total. The van der Waals surface area contributed by atoms with Gasteiger partial charge in [0.05, 0.1) is 23.0 Å². The van der Waals surface area contributed by atoms with Gasteiger partial charge >= 0.3 is 12.1 Å². The third-order valence-electron chi connectivity index (χ3n) is 9.10. The lowest BCUT2D eigenvalue weighted by Crippen LogP contribution is -2.36. The van der Waals surface area contributed by atoms with Crippen LogP contribution >= 0.6 is 11.8 Å². The van der Waals surface area contributed by atoms with Crippen LogP contribution < -0.4 is 4.74 Å².